The molecule has 134 valence electrons. The quantitative estimate of drug-likeness (QED) is 0.784. The molecule has 0 spiro atoms. The predicted octanol–water partition coefficient (Wildman–Crippen LogP) is 0.705. The second kappa shape index (κ2) is 17.2. The molecule has 22 heavy (non-hydrogen) atoms. The van der Waals surface area contributed by atoms with Crippen molar-refractivity contribution in [2.75, 3.05) is 60.0 Å². The Kier molecular flexibility index (Phi) is 17.1. The zero-order valence-corrected chi connectivity index (χ0v) is 15.9. The van der Waals surface area contributed by atoms with E-state index in [1.165, 1.54) is 90.9 Å². The minimum atomic E-state index is 1.19. The van der Waals surface area contributed by atoms with E-state index < -0.39 is 0 Å². The van der Waals surface area contributed by atoms with Crippen molar-refractivity contribution in [2.45, 2.75) is 58.8 Å². The van der Waals surface area contributed by atoms with Crippen molar-refractivity contribution >= 4 is 0 Å². The summed E-state index contributed by atoms with van der Waals surface area (Å²) >= 11 is 0. The number of piperidine rings is 2. The Labute approximate surface area is 140 Å². The second-order valence-corrected chi connectivity index (χ2v) is 6.46. The molecule has 0 saturated carbocycles. The van der Waals surface area contributed by atoms with Crippen LogP contribution in [-0.2, 0) is 0 Å². The Morgan fingerprint density at radius 3 is 1.45 bits per heavy atom. The van der Waals surface area contributed by atoms with Gasteiger partial charge in [0, 0.05) is 13.1 Å². The van der Waals surface area contributed by atoms with Crippen molar-refractivity contribution in [2.24, 2.45) is 0 Å². The number of hydrogen-bond acceptors (Lipinski definition) is 2. The average molecular weight is 317 g/mol. The molecule has 0 aromatic carbocycles. The minimum Gasteiger partial charge on any atom is -0.349 e. The highest BCUT2D eigenvalue weighted by atomic mass is 15.2. The highest BCUT2D eigenvalue weighted by Gasteiger charge is 2.08. The van der Waals surface area contributed by atoms with Crippen LogP contribution in [-0.4, -0.2) is 69.8 Å². The molecule has 0 aromatic rings. The van der Waals surface area contributed by atoms with Crippen LogP contribution in [0.2, 0.25) is 0 Å². The largest absolute Gasteiger partial charge is 0.349 e. The zero-order valence-electron chi connectivity index (χ0n) is 15.9. The highest BCUT2D eigenvalue weighted by molar-refractivity contribution is 4.61. The number of likely N-dealkylation sites (tertiary alicyclic amines) is 2. The van der Waals surface area contributed by atoms with Gasteiger partial charge in [-0.2, -0.15) is 0 Å². The maximum Gasteiger partial charge on any atom is 0.131 e. The zero-order chi connectivity index (χ0) is 16.5. The van der Waals surface area contributed by atoms with Gasteiger partial charge in [0.15, 0.2) is 0 Å². The first kappa shape index (κ1) is 21.8. The average Bonchev–Trinajstić information content (AvgIpc) is 2.59. The molecule has 0 aromatic heterocycles. The van der Waals surface area contributed by atoms with Crippen molar-refractivity contribution in [3.63, 3.8) is 0 Å². The standard InChI is InChI=1S/C7H16N2.C7H15N.C4H11N/c1-8-7-9-5-3-2-4-6-9;1-2-8-6-4-3-5-7-8;1-3-4-5-2/h8H,2-7H2,1H3;2-7H2,1H3;5H,3-4H2,1-2H3/p+2. The Bertz CT molecular complexity index is 195. The fourth-order valence-corrected chi connectivity index (χ4v) is 2.96. The van der Waals surface area contributed by atoms with E-state index in [2.05, 4.69) is 48.4 Å². The summed E-state index contributed by atoms with van der Waals surface area (Å²) in [7, 11) is 4.22. The summed E-state index contributed by atoms with van der Waals surface area (Å²) in [5.74, 6) is 0. The maximum atomic E-state index is 2.52. The monoisotopic (exact) mass is 316 g/mol. The van der Waals surface area contributed by atoms with Gasteiger partial charge >= 0.3 is 0 Å². The number of quaternary nitrogens is 2. The van der Waals surface area contributed by atoms with Gasteiger partial charge in [0.25, 0.3) is 0 Å². The van der Waals surface area contributed by atoms with E-state index in [0.29, 0.717) is 0 Å². The molecule has 0 unspecified atom stereocenters. The van der Waals surface area contributed by atoms with Crippen molar-refractivity contribution in [1.82, 2.24) is 9.80 Å². The second-order valence-electron chi connectivity index (χ2n) is 6.46. The summed E-state index contributed by atoms with van der Waals surface area (Å²) in [5.41, 5.74) is 0. The fourth-order valence-electron chi connectivity index (χ4n) is 2.96. The number of nitrogens with two attached hydrogens (primary N) is 2. The van der Waals surface area contributed by atoms with Crippen LogP contribution in [0, 0.1) is 0 Å². The van der Waals surface area contributed by atoms with Crippen molar-refractivity contribution in [1.29, 1.82) is 0 Å². The molecule has 0 aliphatic carbocycles. The molecule has 4 nitrogen and oxygen atoms in total. The molecule has 2 saturated heterocycles. The van der Waals surface area contributed by atoms with Crippen LogP contribution >= 0.6 is 0 Å². The summed E-state index contributed by atoms with van der Waals surface area (Å²) in [6.07, 6.45) is 9.86. The maximum absolute atomic E-state index is 2.52. The third-order valence-corrected chi connectivity index (χ3v) is 4.36. The Hall–Kier alpha value is -0.160. The number of hydrogen-bond donors (Lipinski definition) is 2. The van der Waals surface area contributed by atoms with E-state index in [1.807, 2.05) is 0 Å². The van der Waals surface area contributed by atoms with E-state index in [4.69, 9.17) is 0 Å². The van der Waals surface area contributed by atoms with Gasteiger partial charge in [-0.15, -0.1) is 0 Å². The highest BCUT2D eigenvalue weighted by Crippen LogP contribution is 2.07. The summed E-state index contributed by atoms with van der Waals surface area (Å²) in [6.45, 7) is 13.5. The van der Waals surface area contributed by atoms with Crippen molar-refractivity contribution < 1.29 is 10.6 Å². The normalized spacial score (nSPS) is 19.6. The van der Waals surface area contributed by atoms with Gasteiger partial charge in [0.1, 0.15) is 6.67 Å². The van der Waals surface area contributed by atoms with Crippen molar-refractivity contribution in [3.8, 4) is 0 Å². The van der Waals surface area contributed by atoms with Gasteiger partial charge < -0.3 is 15.5 Å². The molecule has 2 aliphatic rings. The van der Waals surface area contributed by atoms with E-state index in [1.54, 1.807) is 0 Å². The third kappa shape index (κ3) is 13.5. The molecular weight excluding hydrogens is 272 g/mol. The van der Waals surface area contributed by atoms with Gasteiger partial charge in [-0.1, -0.05) is 26.7 Å². The summed E-state index contributed by atoms with van der Waals surface area (Å²) in [6, 6.07) is 0. The van der Waals surface area contributed by atoms with Crippen LogP contribution in [0.25, 0.3) is 0 Å². The first-order valence-electron chi connectivity index (χ1n) is 9.78. The molecule has 0 atom stereocenters. The fraction of sp³-hybridized carbons (Fsp3) is 1.00. The van der Waals surface area contributed by atoms with Crippen LogP contribution in [0.3, 0.4) is 0 Å². The lowest BCUT2D eigenvalue weighted by molar-refractivity contribution is -0.645. The van der Waals surface area contributed by atoms with Gasteiger partial charge in [-0.25, -0.2) is 0 Å². The molecular formula is C18H44N4+2. The van der Waals surface area contributed by atoms with Crippen LogP contribution in [0.1, 0.15) is 58.8 Å². The van der Waals surface area contributed by atoms with Gasteiger partial charge in [0.05, 0.1) is 20.6 Å². The topological polar surface area (TPSA) is 39.7 Å². The minimum absolute atomic E-state index is 1.19. The Balaban J connectivity index is 0.000000315. The molecule has 2 aliphatic heterocycles. The number of rotatable bonds is 5. The van der Waals surface area contributed by atoms with Crippen molar-refractivity contribution in [3.05, 3.63) is 0 Å². The lowest BCUT2D eigenvalue weighted by Gasteiger charge is -2.24. The summed E-state index contributed by atoms with van der Waals surface area (Å²) in [4.78, 5) is 5.03. The van der Waals surface area contributed by atoms with Gasteiger partial charge in [0.2, 0.25) is 0 Å². The molecule has 0 bridgehead atoms. The third-order valence-electron chi connectivity index (χ3n) is 4.36. The Morgan fingerprint density at radius 2 is 1.18 bits per heavy atom. The van der Waals surface area contributed by atoms with Gasteiger partial charge in [-0.05, 0) is 51.7 Å². The first-order valence-corrected chi connectivity index (χ1v) is 9.78. The predicted molar refractivity (Wildman–Crippen MR) is 97.1 cm³/mol. The summed E-state index contributed by atoms with van der Waals surface area (Å²) in [5, 5.41) is 4.42. The van der Waals surface area contributed by atoms with E-state index >= 15 is 0 Å². The molecule has 2 rings (SSSR count). The smallest absolute Gasteiger partial charge is 0.131 e. The SMILES string of the molecule is CCC[NH2+]C.CCN1CCCCC1.C[NH2+]CN1CCCCC1. The van der Waals surface area contributed by atoms with E-state index in [9.17, 15) is 0 Å². The van der Waals surface area contributed by atoms with Gasteiger partial charge in [-0.3, -0.25) is 4.90 Å². The lowest BCUT2D eigenvalue weighted by Crippen LogP contribution is -2.83. The first-order chi connectivity index (χ1) is 10.8. The van der Waals surface area contributed by atoms with Crippen LogP contribution < -0.4 is 10.6 Å². The Morgan fingerprint density at radius 1 is 0.682 bits per heavy atom. The molecule has 0 amide bonds. The lowest BCUT2D eigenvalue weighted by atomic mass is 10.1. The molecule has 4 N–H and O–H groups in total. The molecule has 2 heterocycles. The van der Waals surface area contributed by atoms with E-state index in [-0.39, 0.29) is 0 Å². The van der Waals surface area contributed by atoms with Crippen LogP contribution in [0.5, 0.6) is 0 Å². The molecule has 0 radical (unpaired) electrons. The molecule has 4 heteroatoms. The number of nitrogens with zero attached hydrogens (tertiary/aromatic N) is 2. The molecule has 2 fully saturated rings. The van der Waals surface area contributed by atoms with Crippen LogP contribution in [0.4, 0.5) is 0 Å². The van der Waals surface area contributed by atoms with Crippen LogP contribution in [0.15, 0.2) is 0 Å². The van der Waals surface area contributed by atoms with E-state index in [0.717, 1.165) is 0 Å². The summed E-state index contributed by atoms with van der Waals surface area (Å²) < 4.78 is 0.